The van der Waals surface area contributed by atoms with Crippen LogP contribution in [0.3, 0.4) is 0 Å². The first-order valence-corrected chi connectivity index (χ1v) is 8.30. The summed E-state index contributed by atoms with van der Waals surface area (Å²) in [7, 11) is -4.18. The minimum absolute atomic E-state index is 0.0832. The fourth-order valence-electron chi connectivity index (χ4n) is 2.97. The first-order valence-electron chi connectivity index (χ1n) is 6.86. The van der Waals surface area contributed by atoms with Crippen LogP contribution in [0.15, 0.2) is 71.6 Å². The van der Waals surface area contributed by atoms with E-state index < -0.39 is 10.1 Å². The Morgan fingerprint density at radius 2 is 1.23 bits per heavy atom. The number of rotatable bonds is 1. The van der Waals surface area contributed by atoms with Gasteiger partial charge in [0.15, 0.2) is 0 Å². The summed E-state index contributed by atoms with van der Waals surface area (Å²) in [6, 6.07) is 20.8. The summed E-state index contributed by atoms with van der Waals surface area (Å²) < 4.78 is 31.7. The summed E-state index contributed by atoms with van der Waals surface area (Å²) >= 11 is 0. The molecule has 0 spiro atoms. The number of hydrogen-bond donors (Lipinski definition) is 1. The normalized spacial score (nSPS) is 12.2. The van der Waals surface area contributed by atoms with Crippen LogP contribution >= 0.6 is 0 Å². The summed E-state index contributed by atoms with van der Waals surface area (Å²) in [6.45, 7) is 0. The molecule has 0 aliphatic heterocycles. The van der Waals surface area contributed by atoms with Gasteiger partial charge in [-0.3, -0.25) is 4.55 Å². The van der Waals surface area contributed by atoms with E-state index in [4.69, 9.17) is 0 Å². The minimum Gasteiger partial charge on any atom is -0.282 e. The van der Waals surface area contributed by atoms with Crippen molar-refractivity contribution in [2.75, 3.05) is 0 Å². The molecule has 4 aromatic carbocycles. The fraction of sp³-hybridized carbons (Fsp3) is 0. The molecule has 0 aliphatic carbocycles. The van der Waals surface area contributed by atoms with Gasteiger partial charge in [-0.05, 0) is 44.5 Å². The molecule has 0 saturated carbocycles. The molecule has 0 fully saturated rings. The lowest BCUT2D eigenvalue weighted by molar-refractivity contribution is 0.483. The van der Waals surface area contributed by atoms with E-state index in [1.54, 1.807) is 6.07 Å². The molecule has 0 saturated heterocycles. The van der Waals surface area contributed by atoms with Crippen molar-refractivity contribution in [3.63, 3.8) is 0 Å². The Bertz CT molecular complexity index is 1140. The van der Waals surface area contributed by atoms with Crippen LogP contribution in [0.1, 0.15) is 0 Å². The highest BCUT2D eigenvalue weighted by atomic mass is 32.2. The Morgan fingerprint density at radius 1 is 0.636 bits per heavy atom. The highest BCUT2D eigenvalue weighted by Gasteiger charge is 2.11. The Morgan fingerprint density at radius 3 is 1.95 bits per heavy atom. The maximum atomic E-state index is 11.3. The van der Waals surface area contributed by atoms with Crippen LogP contribution in [0.5, 0.6) is 0 Å². The third kappa shape index (κ3) is 1.96. The Hall–Kier alpha value is -2.43. The van der Waals surface area contributed by atoms with Gasteiger partial charge >= 0.3 is 0 Å². The van der Waals surface area contributed by atoms with E-state index in [1.807, 2.05) is 30.3 Å². The molecule has 4 aromatic rings. The lowest BCUT2D eigenvalue weighted by Gasteiger charge is -2.08. The number of fused-ring (bicyclic) bond motifs is 5. The van der Waals surface area contributed by atoms with Gasteiger partial charge < -0.3 is 0 Å². The van der Waals surface area contributed by atoms with Crippen LogP contribution in [0, 0.1) is 0 Å². The standard InChI is InChI=1S/C18H12O3S/c19-22(20,21)14-7-10-16-13(11-14)6-9-17-15-4-2-1-3-12(15)5-8-18(16)17/h1-11H,(H,19,20,21). The summed E-state index contributed by atoms with van der Waals surface area (Å²) in [4.78, 5) is -0.0832. The quantitative estimate of drug-likeness (QED) is 0.419. The zero-order valence-electron chi connectivity index (χ0n) is 11.5. The van der Waals surface area contributed by atoms with Gasteiger partial charge in [0.1, 0.15) is 0 Å². The Balaban J connectivity index is 2.14. The molecule has 0 heterocycles. The average molecular weight is 308 g/mol. The maximum absolute atomic E-state index is 11.3. The van der Waals surface area contributed by atoms with Crippen molar-refractivity contribution >= 4 is 42.4 Å². The Labute approximate surface area is 127 Å². The van der Waals surface area contributed by atoms with Crippen LogP contribution < -0.4 is 0 Å². The minimum atomic E-state index is -4.18. The molecular weight excluding hydrogens is 296 g/mol. The van der Waals surface area contributed by atoms with E-state index in [1.165, 1.54) is 22.9 Å². The van der Waals surface area contributed by atoms with Gasteiger partial charge in [-0.1, -0.05) is 54.6 Å². The Kier molecular flexibility index (Phi) is 2.73. The van der Waals surface area contributed by atoms with Gasteiger partial charge in [0.05, 0.1) is 4.90 Å². The van der Waals surface area contributed by atoms with Crippen molar-refractivity contribution in [3.8, 4) is 0 Å². The van der Waals surface area contributed by atoms with E-state index in [9.17, 15) is 13.0 Å². The molecule has 1 N–H and O–H groups in total. The zero-order chi connectivity index (χ0) is 15.3. The first-order chi connectivity index (χ1) is 10.5. The van der Waals surface area contributed by atoms with Crippen LogP contribution in [0.2, 0.25) is 0 Å². The topological polar surface area (TPSA) is 54.4 Å². The summed E-state index contributed by atoms with van der Waals surface area (Å²) in [5.41, 5.74) is 0. The molecular formula is C18H12O3S. The summed E-state index contributed by atoms with van der Waals surface area (Å²) in [6.07, 6.45) is 0. The third-order valence-electron chi connectivity index (χ3n) is 4.01. The van der Waals surface area contributed by atoms with Crippen molar-refractivity contribution in [2.45, 2.75) is 4.90 Å². The van der Waals surface area contributed by atoms with Crippen molar-refractivity contribution < 1.29 is 13.0 Å². The highest BCUT2D eigenvalue weighted by molar-refractivity contribution is 7.85. The molecule has 0 atom stereocenters. The second kappa shape index (κ2) is 4.53. The van der Waals surface area contributed by atoms with Gasteiger partial charge in [-0.2, -0.15) is 8.42 Å². The lowest BCUT2D eigenvalue weighted by atomic mass is 9.97. The molecule has 0 amide bonds. The third-order valence-corrected chi connectivity index (χ3v) is 4.86. The SMILES string of the molecule is O=S(=O)(O)c1ccc2c(ccc3c4ccccc4ccc23)c1. The number of hydrogen-bond acceptors (Lipinski definition) is 2. The molecule has 4 heteroatoms. The van der Waals surface area contributed by atoms with E-state index >= 15 is 0 Å². The van der Waals surface area contributed by atoms with E-state index in [-0.39, 0.29) is 4.90 Å². The van der Waals surface area contributed by atoms with Gasteiger partial charge in [-0.25, -0.2) is 0 Å². The van der Waals surface area contributed by atoms with Crippen molar-refractivity contribution in [2.24, 2.45) is 0 Å². The molecule has 108 valence electrons. The molecule has 0 radical (unpaired) electrons. The van der Waals surface area contributed by atoms with Gasteiger partial charge in [0.2, 0.25) is 0 Å². The second-order valence-corrected chi connectivity index (χ2v) is 6.73. The first kappa shape index (κ1) is 13.2. The largest absolute Gasteiger partial charge is 0.294 e. The molecule has 3 nitrogen and oxygen atoms in total. The van der Waals surface area contributed by atoms with E-state index in [0.717, 1.165) is 21.5 Å². The predicted octanol–water partition coefficient (Wildman–Crippen LogP) is 4.39. The lowest BCUT2D eigenvalue weighted by Crippen LogP contribution is -1.97. The maximum Gasteiger partial charge on any atom is 0.294 e. The van der Waals surface area contributed by atoms with Crippen LogP contribution in [0.25, 0.3) is 32.3 Å². The zero-order valence-corrected chi connectivity index (χ0v) is 12.3. The van der Waals surface area contributed by atoms with Crippen molar-refractivity contribution in [3.05, 3.63) is 66.7 Å². The van der Waals surface area contributed by atoms with E-state index in [2.05, 4.69) is 18.2 Å². The smallest absolute Gasteiger partial charge is 0.282 e. The predicted molar refractivity (Wildman–Crippen MR) is 88.8 cm³/mol. The number of benzene rings is 4. The fourth-order valence-corrected chi connectivity index (χ4v) is 3.48. The molecule has 4 rings (SSSR count). The van der Waals surface area contributed by atoms with Gasteiger partial charge in [0.25, 0.3) is 10.1 Å². The molecule has 0 aliphatic rings. The van der Waals surface area contributed by atoms with Crippen LogP contribution in [-0.2, 0) is 10.1 Å². The second-order valence-electron chi connectivity index (χ2n) is 5.31. The van der Waals surface area contributed by atoms with Crippen LogP contribution in [-0.4, -0.2) is 13.0 Å². The van der Waals surface area contributed by atoms with E-state index in [0.29, 0.717) is 0 Å². The van der Waals surface area contributed by atoms with Gasteiger partial charge in [0, 0.05) is 0 Å². The molecule has 0 aromatic heterocycles. The molecule has 22 heavy (non-hydrogen) atoms. The summed E-state index contributed by atoms with van der Waals surface area (Å²) in [5, 5.41) is 6.29. The summed E-state index contributed by atoms with van der Waals surface area (Å²) in [5.74, 6) is 0. The highest BCUT2D eigenvalue weighted by Crippen LogP contribution is 2.32. The van der Waals surface area contributed by atoms with Crippen LogP contribution in [0.4, 0.5) is 0 Å². The average Bonchev–Trinajstić information content (AvgIpc) is 2.52. The van der Waals surface area contributed by atoms with Gasteiger partial charge in [-0.15, -0.1) is 0 Å². The molecule has 0 bridgehead atoms. The van der Waals surface area contributed by atoms with Crippen molar-refractivity contribution in [1.82, 2.24) is 0 Å². The van der Waals surface area contributed by atoms with Crippen molar-refractivity contribution in [1.29, 1.82) is 0 Å². The monoisotopic (exact) mass is 308 g/mol. The molecule has 0 unspecified atom stereocenters.